The average molecular weight is 262 g/mol. The number of aromatic nitrogens is 5. The van der Waals surface area contributed by atoms with Crippen molar-refractivity contribution in [2.24, 2.45) is 0 Å². The van der Waals surface area contributed by atoms with Gasteiger partial charge in [-0.3, -0.25) is 4.57 Å². The van der Waals surface area contributed by atoms with Crippen LogP contribution in [0.15, 0.2) is 23.9 Å². The van der Waals surface area contributed by atoms with Crippen molar-refractivity contribution in [3.05, 3.63) is 18.7 Å². The van der Waals surface area contributed by atoms with Crippen molar-refractivity contribution in [2.45, 2.75) is 36.1 Å². The zero-order valence-electron chi connectivity index (χ0n) is 9.86. The molecule has 0 radical (unpaired) electrons. The van der Waals surface area contributed by atoms with Crippen LogP contribution < -0.4 is 5.73 Å². The van der Waals surface area contributed by atoms with Crippen molar-refractivity contribution in [2.75, 3.05) is 5.73 Å². The summed E-state index contributed by atoms with van der Waals surface area (Å²) in [5.74, 6) is 0.787. The molecule has 0 bridgehead atoms. The maximum absolute atomic E-state index is 5.73. The third kappa shape index (κ3) is 2.45. The van der Waals surface area contributed by atoms with Crippen molar-refractivity contribution >= 4 is 17.7 Å². The highest BCUT2D eigenvalue weighted by atomic mass is 32.2. The highest BCUT2D eigenvalue weighted by Crippen LogP contribution is 2.33. The van der Waals surface area contributed by atoms with Gasteiger partial charge < -0.3 is 5.73 Å². The molecule has 2 aromatic rings. The van der Waals surface area contributed by atoms with Crippen molar-refractivity contribution in [3.63, 3.8) is 0 Å². The first-order chi connectivity index (χ1) is 8.81. The minimum atomic E-state index is 0.259. The zero-order chi connectivity index (χ0) is 12.4. The highest BCUT2D eigenvalue weighted by Gasteiger charge is 2.18. The van der Waals surface area contributed by atoms with Crippen LogP contribution in [0.1, 0.15) is 25.7 Å². The average Bonchev–Trinajstić information content (AvgIpc) is 3.00. The van der Waals surface area contributed by atoms with Gasteiger partial charge in [0.1, 0.15) is 6.33 Å². The first-order valence-electron chi connectivity index (χ1n) is 5.98. The first kappa shape index (κ1) is 11.5. The molecule has 1 saturated carbocycles. The first-order valence-corrected chi connectivity index (χ1v) is 6.86. The van der Waals surface area contributed by atoms with Gasteiger partial charge in [0, 0.05) is 17.6 Å². The molecule has 1 fully saturated rings. The van der Waals surface area contributed by atoms with Gasteiger partial charge in [-0.1, -0.05) is 24.6 Å². The van der Waals surface area contributed by atoms with Crippen molar-refractivity contribution in [3.8, 4) is 5.95 Å². The molecule has 3 rings (SSSR count). The second kappa shape index (κ2) is 4.93. The molecule has 2 N–H and O–H groups in total. The third-order valence-corrected chi connectivity index (χ3v) is 4.13. The molecule has 0 amide bonds. The van der Waals surface area contributed by atoms with Crippen LogP contribution in [0.25, 0.3) is 5.95 Å². The summed E-state index contributed by atoms with van der Waals surface area (Å²) in [5, 5.41) is 1.32. The lowest BCUT2D eigenvalue weighted by molar-refractivity contribution is 0.821. The van der Waals surface area contributed by atoms with Crippen molar-refractivity contribution in [1.29, 1.82) is 0 Å². The lowest BCUT2D eigenvalue weighted by Gasteiger charge is -2.08. The van der Waals surface area contributed by atoms with E-state index in [1.807, 2.05) is 0 Å². The van der Waals surface area contributed by atoms with Gasteiger partial charge in [-0.2, -0.15) is 15.0 Å². The molecule has 6 nitrogen and oxygen atoms in total. The summed E-state index contributed by atoms with van der Waals surface area (Å²) in [6.45, 7) is 0. The largest absolute Gasteiger partial charge is 0.368 e. The Morgan fingerprint density at radius 1 is 1.22 bits per heavy atom. The van der Waals surface area contributed by atoms with Crippen LogP contribution in [0.2, 0.25) is 0 Å². The molecule has 2 aromatic heterocycles. The van der Waals surface area contributed by atoms with Gasteiger partial charge in [0.05, 0.1) is 0 Å². The van der Waals surface area contributed by atoms with E-state index in [2.05, 4.69) is 19.9 Å². The normalized spacial score (nSPS) is 16.2. The van der Waals surface area contributed by atoms with E-state index in [4.69, 9.17) is 5.73 Å². The molecule has 1 aliphatic rings. The molecular formula is C11H14N6S. The topological polar surface area (TPSA) is 82.5 Å². The Morgan fingerprint density at radius 2 is 2.06 bits per heavy atom. The minimum absolute atomic E-state index is 0.259. The Morgan fingerprint density at radius 3 is 2.78 bits per heavy atom. The number of nitrogens with two attached hydrogens (primary N) is 1. The van der Waals surface area contributed by atoms with Crippen LogP contribution in [0.5, 0.6) is 0 Å². The summed E-state index contributed by atoms with van der Waals surface area (Å²) in [7, 11) is 0. The number of imidazole rings is 1. The van der Waals surface area contributed by atoms with Gasteiger partial charge in [0.25, 0.3) is 0 Å². The third-order valence-electron chi connectivity index (χ3n) is 2.93. The zero-order valence-corrected chi connectivity index (χ0v) is 10.7. The monoisotopic (exact) mass is 262 g/mol. The van der Waals surface area contributed by atoms with Crippen molar-refractivity contribution < 1.29 is 0 Å². The lowest BCUT2D eigenvalue weighted by atomic mass is 10.4. The fourth-order valence-corrected chi connectivity index (χ4v) is 3.21. The molecule has 0 unspecified atom stereocenters. The second-order valence-corrected chi connectivity index (χ2v) is 5.54. The molecule has 0 aromatic carbocycles. The van der Waals surface area contributed by atoms with Crippen LogP contribution in [0.4, 0.5) is 5.95 Å². The maximum atomic E-state index is 5.73. The molecular weight excluding hydrogens is 248 g/mol. The number of thioether (sulfide) groups is 1. The smallest absolute Gasteiger partial charge is 0.240 e. The number of anilines is 1. The van der Waals surface area contributed by atoms with Gasteiger partial charge in [-0.05, 0) is 12.8 Å². The fourth-order valence-electron chi connectivity index (χ4n) is 2.06. The van der Waals surface area contributed by atoms with E-state index in [1.54, 1.807) is 35.0 Å². The Kier molecular flexibility index (Phi) is 3.14. The van der Waals surface area contributed by atoms with E-state index < -0.39 is 0 Å². The minimum Gasteiger partial charge on any atom is -0.368 e. The van der Waals surface area contributed by atoms with Gasteiger partial charge in [0.2, 0.25) is 11.9 Å². The molecule has 7 heteroatoms. The molecule has 1 aliphatic carbocycles. The predicted molar refractivity (Wildman–Crippen MR) is 69.5 cm³/mol. The van der Waals surface area contributed by atoms with Gasteiger partial charge in [-0.15, -0.1) is 0 Å². The molecule has 0 atom stereocenters. The Bertz CT molecular complexity index is 520. The number of nitrogens with zero attached hydrogens (tertiary/aromatic N) is 5. The number of hydrogen-bond donors (Lipinski definition) is 1. The summed E-state index contributed by atoms with van der Waals surface area (Å²) >= 11 is 1.70. The summed E-state index contributed by atoms with van der Waals surface area (Å²) in [5.41, 5.74) is 5.73. The van der Waals surface area contributed by atoms with Crippen LogP contribution in [-0.2, 0) is 0 Å². The molecule has 94 valence electrons. The van der Waals surface area contributed by atoms with E-state index in [1.165, 1.54) is 25.7 Å². The number of hydrogen-bond acceptors (Lipinski definition) is 6. The molecule has 0 saturated heterocycles. The molecule has 0 spiro atoms. The van der Waals surface area contributed by atoms with E-state index in [0.717, 1.165) is 0 Å². The van der Waals surface area contributed by atoms with Crippen LogP contribution in [-0.4, -0.2) is 29.8 Å². The molecule has 18 heavy (non-hydrogen) atoms. The number of nitrogen functional groups attached to an aromatic ring is 1. The highest BCUT2D eigenvalue weighted by molar-refractivity contribution is 7.99. The Balaban J connectivity index is 1.86. The summed E-state index contributed by atoms with van der Waals surface area (Å²) < 4.78 is 1.73. The maximum Gasteiger partial charge on any atom is 0.240 e. The Hall–Kier alpha value is -1.63. The molecule has 2 heterocycles. The van der Waals surface area contributed by atoms with Crippen molar-refractivity contribution in [1.82, 2.24) is 24.5 Å². The second-order valence-electron chi connectivity index (χ2n) is 4.27. The van der Waals surface area contributed by atoms with Crippen LogP contribution >= 0.6 is 11.8 Å². The summed E-state index contributed by atoms with van der Waals surface area (Å²) in [6, 6.07) is 0. The van der Waals surface area contributed by atoms with E-state index in [0.29, 0.717) is 16.4 Å². The fraction of sp³-hybridized carbons (Fsp3) is 0.455. The Labute approximate surface area is 109 Å². The lowest BCUT2D eigenvalue weighted by Crippen LogP contribution is -2.07. The van der Waals surface area contributed by atoms with E-state index in [-0.39, 0.29) is 5.95 Å². The van der Waals surface area contributed by atoms with E-state index >= 15 is 0 Å². The standard InChI is InChI=1S/C11H14N6S/c12-9-14-10(17-6-5-13-7-17)16-11(15-9)18-8-3-1-2-4-8/h5-8H,1-4H2,(H2,12,14,15,16). The van der Waals surface area contributed by atoms with E-state index in [9.17, 15) is 0 Å². The summed E-state index contributed by atoms with van der Waals surface area (Å²) in [6.07, 6.45) is 10.2. The predicted octanol–water partition coefficient (Wildman–Crippen LogP) is 1.67. The quantitative estimate of drug-likeness (QED) is 0.906. The number of rotatable bonds is 3. The van der Waals surface area contributed by atoms with Crippen LogP contribution in [0.3, 0.4) is 0 Å². The summed E-state index contributed by atoms with van der Waals surface area (Å²) in [4.78, 5) is 16.7. The van der Waals surface area contributed by atoms with Crippen LogP contribution in [0, 0.1) is 0 Å². The van der Waals surface area contributed by atoms with Gasteiger partial charge >= 0.3 is 0 Å². The SMILES string of the molecule is Nc1nc(SC2CCCC2)nc(-n2ccnc2)n1. The van der Waals surface area contributed by atoms with Gasteiger partial charge in [0.15, 0.2) is 5.16 Å². The molecule has 0 aliphatic heterocycles. The van der Waals surface area contributed by atoms with Gasteiger partial charge in [-0.25, -0.2) is 4.98 Å².